The molecule has 0 heterocycles. The average molecular weight is 392 g/mol. The van der Waals surface area contributed by atoms with Gasteiger partial charge in [0.1, 0.15) is 0 Å². The van der Waals surface area contributed by atoms with Gasteiger partial charge in [0.05, 0.1) is 5.56 Å². The lowest BCUT2D eigenvalue weighted by molar-refractivity contribution is -0.138. The van der Waals surface area contributed by atoms with Gasteiger partial charge in [0.25, 0.3) is 0 Å². The third-order valence-electron chi connectivity index (χ3n) is 2.66. The molecule has 0 aliphatic rings. The van der Waals surface area contributed by atoms with Gasteiger partial charge in [-0.25, -0.2) is 5.43 Å². The Morgan fingerprint density at radius 3 is 2.35 bits per heavy atom. The van der Waals surface area contributed by atoms with E-state index in [9.17, 15) is 13.2 Å². The topological polar surface area (TPSA) is 24.1 Å². The molecule has 20 heavy (non-hydrogen) atoms. The van der Waals surface area contributed by atoms with E-state index in [1.54, 1.807) is 6.07 Å². The molecule has 2 aromatic rings. The van der Waals surface area contributed by atoms with Crippen LogP contribution in [0.5, 0.6) is 0 Å². The van der Waals surface area contributed by atoms with Crippen molar-refractivity contribution in [2.24, 2.45) is 0 Å². The quantitative estimate of drug-likeness (QED) is 0.595. The van der Waals surface area contributed by atoms with Gasteiger partial charge in [-0.3, -0.25) is 0 Å². The number of halogens is 4. The van der Waals surface area contributed by atoms with Crippen molar-refractivity contribution < 1.29 is 13.2 Å². The highest BCUT2D eigenvalue weighted by Gasteiger charge is 2.33. The molecular weight excluding hydrogens is 380 g/mol. The van der Waals surface area contributed by atoms with Gasteiger partial charge in [-0.15, -0.1) is 0 Å². The second-order valence-corrected chi connectivity index (χ2v) is 5.39. The smallest absolute Gasteiger partial charge is 0.321 e. The molecule has 106 valence electrons. The van der Waals surface area contributed by atoms with Crippen LogP contribution in [0.4, 0.5) is 18.9 Å². The number of anilines is 1. The lowest BCUT2D eigenvalue weighted by Gasteiger charge is -2.14. The lowest BCUT2D eigenvalue weighted by atomic mass is 10.1. The number of benzene rings is 2. The number of hydrogen-bond donors (Lipinski definition) is 2. The largest absolute Gasteiger partial charge is 0.416 e. The van der Waals surface area contributed by atoms with Crippen molar-refractivity contribution >= 4 is 28.3 Å². The summed E-state index contributed by atoms with van der Waals surface area (Å²) in [4.78, 5) is 0. The summed E-state index contributed by atoms with van der Waals surface area (Å²) in [7, 11) is 0. The van der Waals surface area contributed by atoms with Gasteiger partial charge in [0.2, 0.25) is 0 Å². The zero-order valence-corrected chi connectivity index (χ0v) is 12.5. The number of hydrogen-bond acceptors (Lipinski definition) is 2. The second kappa shape index (κ2) is 6.45. The van der Waals surface area contributed by atoms with Gasteiger partial charge in [-0.1, -0.05) is 24.3 Å². The Morgan fingerprint density at radius 1 is 1.00 bits per heavy atom. The molecule has 0 radical (unpaired) electrons. The van der Waals surface area contributed by atoms with Gasteiger partial charge < -0.3 is 5.43 Å². The highest BCUT2D eigenvalue weighted by molar-refractivity contribution is 14.1. The first-order chi connectivity index (χ1) is 9.47. The molecule has 0 bridgehead atoms. The van der Waals surface area contributed by atoms with Crippen molar-refractivity contribution in [3.8, 4) is 0 Å². The fourth-order valence-electron chi connectivity index (χ4n) is 1.73. The van der Waals surface area contributed by atoms with E-state index in [2.05, 4.69) is 10.9 Å². The highest BCUT2D eigenvalue weighted by atomic mass is 127. The summed E-state index contributed by atoms with van der Waals surface area (Å²) < 4.78 is 39.3. The number of nitrogens with one attached hydrogen (secondary N) is 2. The van der Waals surface area contributed by atoms with Crippen LogP contribution in [0.25, 0.3) is 0 Å². The summed E-state index contributed by atoms with van der Waals surface area (Å²) in [6.45, 7) is 0.0840. The standard InChI is InChI=1S/C14H12F3IN2/c15-14(16,17)13-8-11(18)7-6-10(13)9-19-20-12-4-2-1-3-5-12/h1-8,19-20H,9H2. The van der Waals surface area contributed by atoms with Gasteiger partial charge in [-0.05, 0) is 52.4 Å². The van der Waals surface area contributed by atoms with E-state index in [1.165, 1.54) is 6.07 Å². The Bertz CT molecular complexity index is 570. The van der Waals surface area contributed by atoms with Gasteiger partial charge in [-0.2, -0.15) is 13.2 Å². The van der Waals surface area contributed by atoms with E-state index in [-0.39, 0.29) is 12.1 Å². The van der Waals surface area contributed by atoms with Crippen LogP contribution in [0, 0.1) is 3.57 Å². The Balaban J connectivity index is 2.06. The van der Waals surface area contributed by atoms with E-state index in [0.717, 1.165) is 11.8 Å². The van der Waals surface area contributed by atoms with E-state index >= 15 is 0 Å². The number of para-hydroxylation sites is 1. The third-order valence-corrected chi connectivity index (χ3v) is 3.33. The zero-order chi connectivity index (χ0) is 14.6. The van der Waals surface area contributed by atoms with Crippen LogP contribution in [0.15, 0.2) is 48.5 Å². The maximum absolute atomic E-state index is 12.9. The van der Waals surface area contributed by atoms with Crippen molar-refractivity contribution in [1.82, 2.24) is 5.43 Å². The van der Waals surface area contributed by atoms with Gasteiger partial charge >= 0.3 is 6.18 Å². The SMILES string of the molecule is FC(F)(F)c1cc(I)ccc1CNNc1ccccc1. The molecule has 0 aromatic heterocycles. The second-order valence-electron chi connectivity index (χ2n) is 4.14. The fourth-order valence-corrected chi connectivity index (χ4v) is 2.22. The van der Waals surface area contributed by atoms with Crippen molar-refractivity contribution in [3.63, 3.8) is 0 Å². The minimum absolute atomic E-state index is 0.0840. The first-order valence-electron chi connectivity index (χ1n) is 5.86. The predicted octanol–water partition coefficient (Wildman–Crippen LogP) is 4.43. The summed E-state index contributed by atoms with van der Waals surface area (Å²) in [5, 5.41) is 0. The summed E-state index contributed by atoms with van der Waals surface area (Å²) in [6, 6.07) is 13.5. The molecule has 0 aliphatic carbocycles. The molecule has 0 atom stereocenters. The molecule has 0 unspecified atom stereocenters. The Hall–Kier alpha value is -1.28. The minimum atomic E-state index is -4.34. The minimum Gasteiger partial charge on any atom is -0.321 e. The predicted molar refractivity (Wildman–Crippen MR) is 81.1 cm³/mol. The zero-order valence-electron chi connectivity index (χ0n) is 10.3. The molecule has 0 aliphatic heterocycles. The average Bonchev–Trinajstić information content (AvgIpc) is 2.40. The first-order valence-corrected chi connectivity index (χ1v) is 6.94. The third kappa shape index (κ3) is 4.11. The molecule has 0 amide bonds. The normalized spacial score (nSPS) is 11.4. The summed E-state index contributed by atoms with van der Waals surface area (Å²) in [5.41, 5.74) is 6.07. The van der Waals surface area contributed by atoms with Crippen LogP contribution in [0.2, 0.25) is 0 Å². The van der Waals surface area contributed by atoms with Crippen LogP contribution in [-0.4, -0.2) is 0 Å². The molecule has 2 nitrogen and oxygen atoms in total. The molecule has 0 saturated carbocycles. The van der Waals surface area contributed by atoms with Gasteiger partial charge in [0, 0.05) is 15.8 Å². The maximum atomic E-state index is 12.9. The molecule has 0 spiro atoms. The molecule has 2 rings (SSSR count). The first kappa shape index (κ1) is 15.1. The van der Waals surface area contributed by atoms with Crippen LogP contribution in [-0.2, 0) is 12.7 Å². The molecular formula is C14H12F3IN2. The molecule has 2 N–H and O–H groups in total. The van der Waals surface area contributed by atoms with Crippen molar-refractivity contribution in [3.05, 3.63) is 63.2 Å². The van der Waals surface area contributed by atoms with Crippen LogP contribution >= 0.6 is 22.6 Å². The highest BCUT2D eigenvalue weighted by Crippen LogP contribution is 2.33. The number of alkyl halides is 3. The van der Waals surface area contributed by atoms with Crippen molar-refractivity contribution in [2.75, 3.05) is 5.43 Å². The number of hydrazine groups is 1. The Morgan fingerprint density at radius 2 is 1.70 bits per heavy atom. The lowest BCUT2D eigenvalue weighted by Crippen LogP contribution is -2.23. The molecule has 2 aromatic carbocycles. The van der Waals surface area contributed by atoms with E-state index in [0.29, 0.717) is 3.57 Å². The van der Waals surface area contributed by atoms with Crippen LogP contribution in [0.1, 0.15) is 11.1 Å². The van der Waals surface area contributed by atoms with E-state index in [1.807, 2.05) is 52.9 Å². The van der Waals surface area contributed by atoms with Crippen molar-refractivity contribution in [1.29, 1.82) is 0 Å². The summed E-state index contributed by atoms with van der Waals surface area (Å²) >= 11 is 1.87. The van der Waals surface area contributed by atoms with E-state index < -0.39 is 11.7 Å². The Labute approximate surface area is 128 Å². The Kier molecular flexibility index (Phi) is 4.87. The fraction of sp³-hybridized carbons (Fsp3) is 0.143. The van der Waals surface area contributed by atoms with Crippen LogP contribution < -0.4 is 10.9 Å². The molecule has 0 saturated heterocycles. The maximum Gasteiger partial charge on any atom is 0.416 e. The summed E-state index contributed by atoms with van der Waals surface area (Å²) in [5.74, 6) is 0. The molecule has 0 fully saturated rings. The van der Waals surface area contributed by atoms with E-state index in [4.69, 9.17) is 0 Å². The van der Waals surface area contributed by atoms with Gasteiger partial charge in [0.15, 0.2) is 0 Å². The monoisotopic (exact) mass is 392 g/mol. The van der Waals surface area contributed by atoms with Crippen LogP contribution in [0.3, 0.4) is 0 Å². The summed E-state index contributed by atoms with van der Waals surface area (Å²) in [6.07, 6.45) is -4.34. The number of rotatable bonds is 4. The molecule has 6 heteroatoms. The van der Waals surface area contributed by atoms with Crippen molar-refractivity contribution in [2.45, 2.75) is 12.7 Å².